The summed E-state index contributed by atoms with van der Waals surface area (Å²) in [5, 5.41) is 13.2. The smallest absolute Gasteiger partial charge is 0.326 e. The van der Waals surface area contributed by atoms with Crippen molar-refractivity contribution in [1.29, 1.82) is 0 Å². The number of fused-ring (bicyclic) bond motifs is 1. The lowest BCUT2D eigenvalue weighted by Crippen LogP contribution is -2.35. The molecule has 0 bridgehead atoms. The zero-order valence-corrected chi connectivity index (χ0v) is 9.85. The number of nitrogens with zero attached hydrogens (tertiary/aromatic N) is 3. The number of carboxylic acid groups (broad SMARTS) is 1. The second kappa shape index (κ2) is 3.96. The van der Waals surface area contributed by atoms with Gasteiger partial charge in [0.15, 0.2) is 0 Å². The van der Waals surface area contributed by atoms with Gasteiger partial charge in [-0.3, -0.25) is 0 Å². The molecule has 1 aromatic carbocycles. The molecular weight excluding hydrogens is 238 g/mol. The van der Waals surface area contributed by atoms with Crippen molar-refractivity contribution in [1.82, 2.24) is 9.59 Å². The van der Waals surface area contributed by atoms with Crippen LogP contribution in [0.4, 0.5) is 5.69 Å². The molecule has 0 aliphatic carbocycles. The van der Waals surface area contributed by atoms with Gasteiger partial charge in [0.1, 0.15) is 11.6 Å². The second-order valence-corrected chi connectivity index (χ2v) is 4.84. The van der Waals surface area contributed by atoms with Gasteiger partial charge in [0.25, 0.3) is 0 Å². The summed E-state index contributed by atoms with van der Waals surface area (Å²) >= 11 is 1.32. The fourth-order valence-corrected chi connectivity index (χ4v) is 3.02. The largest absolute Gasteiger partial charge is 0.480 e. The van der Waals surface area contributed by atoms with Crippen LogP contribution in [0.25, 0.3) is 10.2 Å². The van der Waals surface area contributed by atoms with Crippen LogP contribution in [0.1, 0.15) is 12.8 Å². The number of anilines is 1. The molecule has 5 nitrogen and oxygen atoms in total. The van der Waals surface area contributed by atoms with E-state index in [1.54, 1.807) is 0 Å². The molecular formula is C11H11N3O2S. The molecule has 0 radical (unpaired) electrons. The van der Waals surface area contributed by atoms with Crippen molar-refractivity contribution in [2.45, 2.75) is 18.9 Å². The molecule has 1 N–H and O–H groups in total. The zero-order chi connectivity index (χ0) is 11.8. The molecule has 17 heavy (non-hydrogen) atoms. The topological polar surface area (TPSA) is 66.3 Å². The van der Waals surface area contributed by atoms with Gasteiger partial charge in [-0.25, -0.2) is 4.79 Å². The first-order valence-corrected chi connectivity index (χ1v) is 6.25. The minimum absolute atomic E-state index is 0.414. The summed E-state index contributed by atoms with van der Waals surface area (Å²) in [4.78, 5) is 13.1. The molecule has 88 valence electrons. The molecule has 0 saturated carbocycles. The van der Waals surface area contributed by atoms with Crippen LogP contribution < -0.4 is 4.90 Å². The summed E-state index contributed by atoms with van der Waals surface area (Å²) < 4.78 is 4.89. The Hall–Kier alpha value is -1.69. The van der Waals surface area contributed by atoms with Gasteiger partial charge >= 0.3 is 5.97 Å². The Labute approximate surface area is 102 Å². The van der Waals surface area contributed by atoms with Crippen molar-refractivity contribution in [3.05, 3.63) is 18.2 Å². The predicted molar refractivity (Wildman–Crippen MR) is 65.4 cm³/mol. The van der Waals surface area contributed by atoms with Gasteiger partial charge in [-0.15, -0.1) is 5.10 Å². The monoisotopic (exact) mass is 249 g/mol. The van der Waals surface area contributed by atoms with E-state index in [-0.39, 0.29) is 0 Å². The van der Waals surface area contributed by atoms with Crippen LogP contribution >= 0.6 is 11.5 Å². The van der Waals surface area contributed by atoms with Gasteiger partial charge in [-0.05, 0) is 36.5 Å². The van der Waals surface area contributed by atoms with Crippen molar-refractivity contribution in [2.24, 2.45) is 0 Å². The van der Waals surface area contributed by atoms with E-state index in [1.807, 2.05) is 23.1 Å². The lowest BCUT2D eigenvalue weighted by Gasteiger charge is -2.23. The zero-order valence-electron chi connectivity index (χ0n) is 9.04. The van der Waals surface area contributed by atoms with Crippen molar-refractivity contribution >= 4 is 33.4 Å². The minimum Gasteiger partial charge on any atom is -0.480 e. The maximum atomic E-state index is 11.2. The molecule has 0 spiro atoms. The van der Waals surface area contributed by atoms with E-state index in [0.717, 1.165) is 28.9 Å². The summed E-state index contributed by atoms with van der Waals surface area (Å²) in [5.41, 5.74) is 1.78. The van der Waals surface area contributed by atoms with E-state index < -0.39 is 12.0 Å². The van der Waals surface area contributed by atoms with E-state index in [1.165, 1.54) is 11.5 Å². The molecule has 1 fully saturated rings. The van der Waals surface area contributed by atoms with Crippen molar-refractivity contribution in [3.8, 4) is 0 Å². The first-order chi connectivity index (χ1) is 8.27. The number of aliphatic carboxylic acids is 1. The van der Waals surface area contributed by atoms with Crippen LogP contribution in [0, 0.1) is 0 Å². The number of carbonyl (C=O) groups is 1. The van der Waals surface area contributed by atoms with Gasteiger partial charge in [0, 0.05) is 6.54 Å². The fraction of sp³-hybridized carbons (Fsp3) is 0.364. The Morgan fingerprint density at radius 2 is 2.41 bits per heavy atom. The molecule has 1 aliphatic heterocycles. The van der Waals surface area contributed by atoms with Gasteiger partial charge in [-0.1, -0.05) is 10.6 Å². The second-order valence-electron chi connectivity index (χ2n) is 4.09. The Kier molecular flexibility index (Phi) is 2.44. The van der Waals surface area contributed by atoms with Gasteiger partial charge in [-0.2, -0.15) is 0 Å². The molecule has 2 aromatic rings. The molecule has 1 aliphatic rings. The Bertz CT molecular complexity index is 569. The van der Waals surface area contributed by atoms with Crippen molar-refractivity contribution in [3.63, 3.8) is 0 Å². The van der Waals surface area contributed by atoms with Crippen LogP contribution in [0.2, 0.25) is 0 Å². The van der Waals surface area contributed by atoms with Crippen LogP contribution in [0.5, 0.6) is 0 Å². The van der Waals surface area contributed by atoms with Crippen LogP contribution in [-0.4, -0.2) is 33.2 Å². The third-order valence-electron chi connectivity index (χ3n) is 3.10. The van der Waals surface area contributed by atoms with E-state index in [9.17, 15) is 9.90 Å². The quantitative estimate of drug-likeness (QED) is 0.878. The van der Waals surface area contributed by atoms with E-state index >= 15 is 0 Å². The van der Waals surface area contributed by atoms with Crippen LogP contribution in [0.15, 0.2) is 18.2 Å². The highest BCUT2D eigenvalue weighted by Gasteiger charge is 2.31. The van der Waals surface area contributed by atoms with E-state index in [0.29, 0.717) is 6.42 Å². The molecule has 1 atom stereocenters. The third-order valence-corrected chi connectivity index (χ3v) is 3.87. The first-order valence-electron chi connectivity index (χ1n) is 5.48. The summed E-state index contributed by atoms with van der Waals surface area (Å²) in [6, 6.07) is 5.33. The van der Waals surface area contributed by atoms with Crippen molar-refractivity contribution < 1.29 is 9.90 Å². The molecule has 1 unspecified atom stereocenters. The number of hydrogen-bond donors (Lipinski definition) is 1. The van der Waals surface area contributed by atoms with E-state index in [2.05, 4.69) is 9.59 Å². The molecule has 2 heterocycles. The van der Waals surface area contributed by atoms with Crippen LogP contribution in [-0.2, 0) is 4.79 Å². The maximum absolute atomic E-state index is 11.2. The first kappa shape index (κ1) is 10.5. The average molecular weight is 249 g/mol. The number of carboxylic acids is 1. The predicted octanol–water partition coefficient (Wildman–Crippen LogP) is 1.74. The molecule has 0 amide bonds. The number of rotatable bonds is 2. The Balaban J connectivity index is 2.08. The lowest BCUT2D eigenvalue weighted by molar-refractivity contribution is -0.138. The highest BCUT2D eigenvalue weighted by molar-refractivity contribution is 7.13. The standard InChI is InChI=1S/C11H11N3O2S/c15-11(16)9-5-2-6-14(9)8-4-1-3-7-10(8)17-13-12-7/h1,3-4,9H,2,5-6H2,(H,15,16). The summed E-state index contributed by atoms with van der Waals surface area (Å²) in [7, 11) is 0. The summed E-state index contributed by atoms with van der Waals surface area (Å²) in [6.45, 7) is 0.786. The number of benzene rings is 1. The van der Waals surface area contributed by atoms with Gasteiger partial charge < -0.3 is 10.0 Å². The van der Waals surface area contributed by atoms with Gasteiger partial charge in [0.05, 0.1) is 10.4 Å². The van der Waals surface area contributed by atoms with Crippen LogP contribution in [0.3, 0.4) is 0 Å². The highest BCUT2D eigenvalue weighted by atomic mass is 32.1. The summed E-state index contributed by atoms with van der Waals surface area (Å²) in [5.74, 6) is -0.753. The maximum Gasteiger partial charge on any atom is 0.326 e. The average Bonchev–Trinajstić information content (AvgIpc) is 2.97. The SMILES string of the molecule is O=C(O)C1CCCN1c1cccc2nnsc12. The summed E-state index contributed by atoms with van der Waals surface area (Å²) in [6.07, 6.45) is 1.62. The highest BCUT2D eigenvalue weighted by Crippen LogP contribution is 2.33. The molecule has 6 heteroatoms. The van der Waals surface area contributed by atoms with Gasteiger partial charge in [0.2, 0.25) is 0 Å². The molecule has 1 aromatic heterocycles. The normalized spacial score (nSPS) is 20.0. The minimum atomic E-state index is -0.753. The molecule has 3 rings (SSSR count). The molecule has 1 saturated heterocycles. The third kappa shape index (κ3) is 1.64. The Morgan fingerprint density at radius 3 is 3.24 bits per heavy atom. The fourth-order valence-electron chi connectivity index (χ4n) is 2.33. The van der Waals surface area contributed by atoms with E-state index in [4.69, 9.17) is 0 Å². The number of hydrogen-bond acceptors (Lipinski definition) is 5. The Morgan fingerprint density at radius 1 is 1.53 bits per heavy atom. The van der Waals surface area contributed by atoms with Crippen molar-refractivity contribution in [2.75, 3.05) is 11.4 Å². The number of aromatic nitrogens is 2. The lowest BCUT2D eigenvalue weighted by atomic mass is 10.2.